The molecule has 1 rings (SSSR count). The van der Waals surface area contributed by atoms with E-state index in [1.165, 1.54) is 6.08 Å². The Morgan fingerprint density at radius 2 is 1.61 bits per heavy atom. The van der Waals surface area contributed by atoms with Gasteiger partial charge in [0.25, 0.3) is 0 Å². The average Bonchev–Trinajstić information content (AvgIpc) is 2.53. The summed E-state index contributed by atoms with van der Waals surface area (Å²) < 4.78 is 0. The maximum absolute atomic E-state index is 12.1. The van der Waals surface area contributed by atoms with Crippen LogP contribution in [0.3, 0.4) is 0 Å². The first-order chi connectivity index (χ1) is 10.9. The summed E-state index contributed by atoms with van der Waals surface area (Å²) in [6.07, 6.45) is 4.20. The van der Waals surface area contributed by atoms with Crippen molar-refractivity contribution in [2.45, 2.75) is 33.1 Å². The van der Waals surface area contributed by atoms with Crippen molar-refractivity contribution in [1.29, 1.82) is 0 Å². The number of carbonyl (C=O) groups is 2. The van der Waals surface area contributed by atoms with Gasteiger partial charge in [0.2, 0.25) is 0 Å². The molecule has 0 bridgehead atoms. The highest BCUT2D eigenvalue weighted by molar-refractivity contribution is 5.90. The van der Waals surface area contributed by atoms with Gasteiger partial charge in [0.05, 0.1) is 0 Å². The molecule has 1 aromatic carbocycles. The SMILES string of the molecule is CC=CC(=O)OOOOC(=O)C(=CC)C(C)(C)c1ccccc1. The standard InChI is InChI=1S/C17H20O6/c1-5-10-15(18)20-22-23-21-16(19)14(6-2)17(3,4)13-11-8-7-9-12-13/h5-12H,1-4H3. The Hall–Kier alpha value is -2.44. The largest absolute Gasteiger partial charge is 0.373 e. The molecule has 0 aromatic heterocycles. The minimum atomic E-state index is -0.792. The lowest BCUT2D eigenvalue weighted by Crippen LogP contribution is -2.27. The monoisotopic (exact) mass is 320 g/mol. The summed E-state index contributed by atoms with van der Waals surface area (Å²) in [5.41, 5.74) is 0.704. The molecule has 0 fully saturated rings. The second-order valence-corrected chi connectivity index (χ2v) is 5.10. The Labute approximate surface area is 135 Å². The zero-order valence-corrected chi connectivity index (χ0v) is 13.6. The summed E-state index contributed by atoms with van der Waals surface area (Å²) in [7, 11) is 0. The Morgan fingerprint density at radius 3 is 2.17 bits per heavy atom. The van der Waals surface area contributed by atoms with E-state index in [4.69, 9.17) is 0 Å². The van der Waals surface area contributed by atoms with Gasteiger partial charge in [-0.1, -0.05) is 56.3 Å². The van der Waals surface area contributed by atoms with E-state index < -0.39 is 17.4 Å². The summed E-state index contributed by atoms with van der Waals surface area (Å²) in [5, 5.41) is 8.22. The Kier molecular flexibility index (Phi) is 7.18. The maximum atomic E-state index is 12.1. The van der Waals surface area contributed by atoms with Crippen molar-refractivity contribution in [2.24, 2.45) is 0 Å². The summed E-state index contributed by atoms with van der Waals surface area (Å²) in [4.78, 5) is 31.7. The predicted molar refractivity (Wildman–Crippen MR) is 82.4 cm³/mol. The molecule has 0 heterocycles. The van der Waals surface area contributed by atoms with Crippen molar-refractivity contribution in [1.82, 2.24) is 0 Å². The minimum Gasteiger partial charge on any atom is -0.261 e. The van der Waals surface area contributed by atoms with Crippen LogP contribution in [0.5, 0.6) is 0 Å². The highest BCUT2D eigenvalue weighted by Gasteiger charge is 2.31. The molecule has 0 spiro atoms. The molecular weight excluding hydrogens is 300 g/mol. The summed E-state index contributed by atoms with van der Waals surface area (Å²) in [6, 6.07) is 9.48. The van der Waals surface area contributed by atoms with Crippen LogP contribution in [0.2, 0.25) is 0 Å². The molecule has 0 saturated carbocycles. The van der Waals surface area contributed by atoms with Gasteiger partial charge in [0, 0.05) is 27.1 Å². The number of carbonyl (C=O) groups excluding carboxylic acids is 2. The van der Waals surface area contributed by atoms with Crippen molar-refractivity contribution in [3.8, 4) is 0 Å². The molecule has 124 valence electrons. The number of allylic oxidation sites excluding steroid dienone is 2. The van der Waals surface area contributed by atoms with Gasteiger partial charge in [-0.3, -0.25) is 9.78 Å². The molecule has 0 N–H and O–H groups in total. The van der Waals surface area contributed by atoms with E-state index in [2.05, 4.69) is 19.9 Å². The lowest BCUT2D eigenvalue weighted by molar-refractivity contribution is -0.598. The van der Waals surface area contributed by atoms with Crippen molar-refractivity contribution >= 4 is 11.9 Å². The normalized spacial score (nSPS) is 12.3. The Balaban J connectivity index is 2.64. The van der Waals surface area contributed by atoms with E-state index in [-0.39, 0.29) is 0 Å². The van der Waals surface area contributed by atoms with Gasteiger partial charge < -0.3 is 0 Å². The van der Waals surface area contributed by atoms with E-state index in [0.29, 0.717) is 5.57 Å². The molecule has 1 aromatic rings. The van der Waals surface area contributed by atoms with Crippen LogP contribution < -0.4 is 0 Å². The van der Waals surface area contributed by atoms with Crippen molar-refractivity contribution in [3.63, 3.8) is 0 Å². The summed E-state index contributed by atoms with van der Waals surface area (Å²) >= 11 is 0. The predicted octanol–water partition coefficient (Wildman–Crippen LogP) is 3.35. The van der Waals surface area contributed by atoms with Gasteiger partial charge in [0.1, 0.15) is 0 Å². The van der Waals surface area contributed by atoms with Crippen LogP contribution in [0.1, 0.15) is 33.3 Å². The smallest absolute Gasteiger partial charge is 0.261 e. The fraction of sp³-hybridized carbons (Fsp3) is 0.294. The Bertz CT molecular complexity index is 586. The van der Waals surface area contributed by atoms with Crippen LogP contribution in [0.15, 0.2) is 54.1 Å². The fourth-order valence-electron chi connectivity index (χ4n) is 2.05. The van der Waals surface area contributed by atoms with E-state index in [1.54, 1.807) is 19.9 Å². The number of benzene rings is 1. The van der Waals surface area contributed by atoms with Gasteiger partial charge in [-0.05, 0) is 19.4 Å². The van der Waals surface area contributed by atoms with Gasteiger partial charge in [0.15, 0.2) is 0 Å². The van der Waals surface area contributed by atoms with E-state index in [9.17, 15) is 9.59 Å². The third kappa shape index (κ3) is 5.36. The summed E-state index contributed by atoms with van der Waals surface area (Å²) in [5.74, 6) is -1.54. The second kappa shape index (κ2) is 8.87. The van der Waals surface area contributed by atoms with Gasteiger partial charge >= 0.3 is 11.9 Å². The van der Waals surface area contributed by atoms with Crippen LogP contribution in [-0.4, -0.2) is 11.9 Å². The molecular formula is C17H20O6. The second-order valence-electron chi connectivity index (χ2n) is 5.10. The third-order valence-electron chi connectivity index (χ3n) is 3.23. The summed E-state index contributed by atoms with van der Waals surface area (Å²) in [6.45, 7) is 7.11. The fourth-order valence-corrected chi connectivity index (χ4v) is 2.05. The molecule has 0 unspecified atom stereocenters. The van der Waals surface area contributed by atoms with Crippen LogP contribution in [0.25, 0.3) is 0 Å². The molecule has 0 radical (unpaired) electrons. The maximum Gasteiger partial charge on any atom is 0.373 e. The van der Waals surface area contributed by atoms with Crippen molar-refractivity contribution < 1.29 is 29.4 Å². The number of rotatable bonds is 7. The lowest BCUT2D eigenvalue weighted by Gasteiger charge is -2.26. The van der Waals surface area contributed by atoms with E-state index in [1.807, 2.05) is 44.2 Å². The molecule has 0 aliphatic heterocycles. The van der Waals surface area contributed by atoms with Crippen LogP contribution >= 0.6 is 0 Å². The van der Waals surface area contributed by atoms with E-state index in [0.717, 1.165) is 11.6 Å². The van der Waals surface area contributed by atoms with Crippen LogP contribution in [-0.2, 0) is 34.9 Å². The first kappa shape index (κ1) is 18.6. The van der Waals surface area contributed by atoms with Crippen LogP contribution in [0, 0.1) is 0 Å². The van der Waals surface area contributed by atoms with E-state index >= 15 is 0 Å². The number of hydrogen-bond donors (Lipinski definition) is 0. The van der Waals surface area contributed by atoms with Crippen molar-refractivity contribution in [3.05, 3.63) is 59.7 Å². The van der Waals surface area contributed by atoms with Crippen molar-refractivity contribution in [2.75, 3.05) is 0 Å². The zero-order valence-electron chi connectivity index (χ0n) is 13.6. The first-order valence-corrected chi connectivity index (χ1v) is 7.04. The molecule has 23 heavy (non-hydrogen) atoms. The molecule has 0 aliphatic rings. The quantitative estimate of drug-likeness (QED) is 0.332. The van der Waals surface area contributed by atoms with Gasteiger partial charge in [-0.15, -0.1) is 0 Å². The highest BCUT2D eigenvalue weighted by atomic mass is 17.7. The molecule has 0 atom stereocenters. The molecule has 6 nitrogen and oxygen atoms in total. The first-order valence-electron chi connectivity index (χ1n) is 7.04. The zero-order chi connectivity index (χ0) is 17.3. The van der Waals surface area contributed by atoms with Gasteiger partial charge in [-0.25, -0.2) is 9.59 Å². The number of hydrogen-bond acceptors (Lipinski definition) is 6. The average molecular weight is 320 g/mol. The molecule has 0 aliphatic carbocycles. The van der Waals surface area contributed by atoms with Crippen LogP contribution in [0.4, 0.5) is 0 Å². The molecule has 0 amide bonds. The lowest BCUT2D eigenvalue weighted by atomic mass is 9.77. The highest BCUT2D eigenvalue weighted by Crippen LogP contribution is 2.32. The minimum absolute atomic E-state index is 0.368. The Morgan fingerprint density at radius 1 is 1.00 bits per heavy atom. The third-order valence-corrected chi connectivity index (χ3v) is 3.23. The van der Waals surface area contributed by atoms with Gasteiger partial charge in [-0.2, -0.15) is 0 Å². The molecule has 0 saturated heterocycles. The molecule has 6 heteroatoms. The topological polar surface area (TPSA) is 71.1 Å².